The van der Waals surface area contributed by atoms with Crippen molar-refractivity contribution in [3.05, 3.63) is 15.1 Å². The summed E-state index contributed by atoms with van der Waals surface area (Å²) in [6, 6.07) is 0. The van der Waals surface area contributed by atoms with Crippen LogP contribution in [0, 0.1) is 4.77 Å². The van der Waals surface area contributed by atoms with Crippen LogP contribution < -0.4 is 10.5 Å². The molecule has 2 aromatic heterocycles. The summed E-state index contributed by atoms with van der Waals surface area (Å²) < 4.78 is 2.72. The third-order valence-electron chi connectivity index (χ3n) is 3.72. The highest BCUT2D eigenvalue weighted by atomic mass is 32.1. The minimum Gasteiger partial charge on any atom is -0.348 e. The summed E-state index contributed by atoms with van der Waals surface area (Å²) in [5, 5.41) is 0.943. The lowest BCUT2D eigenvalue weighted by Gasteiger charge is -2.18. The third-order valence-corrected chi connectivity index (χ3v) is 5.15. The van der Waals surface area contributed by atoms with Crippen LogP contribution in [0.1, 0.15) is 32.6 Å². The van der Waals surface area contributed by atoms with Crippen LogP contribution in [0.3, 0.4) is 0 Å². The number of anilines is 1. The fourth-order valence-electron chi connectivity index (χ4n) is 2.61. The maximum atomic E-state index is 12.4. The first-order valence-corrected chi connectivity index (χ1v) is 8.32. The van der Waals surface area contributed by atoms with Crippen molar-refractivity contribution in [1.82, 2.24) is 14.5 Å². The minimum atomic E-state index is -0.0233. The predicted octanol–water partition coefficient (Wildman–Crippen LogP) is 2.92. The molecule has 1 aliphatic heterocycles. The molecule has 0 saturated carbocycles. The van der Waals surface area contributed by atoms with Crippen LogP contribution in [0.25, 0.3) is 10.3 Å². The van der Waals surface area contributed by atoms with E-state index in [2.05, 4.69) is 14.9 Å². The molecular weight excluding hydrogens is 292 g/mol. The van der Waals surface area contributed by atoms with Gasteiger partial charge < -0.3 is 9.88 Å². The zero-order chi connectivity index (χ0) is 14.1. The molecule has 2 aromatic rings. The summed E-state index contributed by atoms with van der Waals surface area (Å²) >= 11 is 6.69. The van der Waals surface area contributed by atoms with Crippen molar-refractivity contribution in [3.8, 4) is 0 Å². The number of rotatable bonds is 2. The second-order valence-corrected chi connectivity index (χ2v) is 6.42. The van der Waals surface area contributed by atoms with Crippen molar-refractivity contribution in [2.75, 3.05) is 18.0 Å². The lowest BCUT2D eigenvalue weighted by molar-refractivity contribution is 0.705. The van der Waals surface area contributed by atoms with Crippen LogP contribution >= 0.6 is 23.6 Å². The highest BCUT2D eigenvalue weighted by molar-refractivity contribution is 7.71. The number of hydrogen-bond donors (Lipinski definition) is 1. The molecule has 0 amide bonds. The van der Waals surface area contributed by atoms with Gasteiger partial charge in [-0.3, -0.25) is 9.36 Å². The molecule has 5 nitrogen and oxygen atoms in total. The molecule has 0 radical (unpaired) electrons. The van der Waals surface area contributed by atoms with Gasteiger partial charge in [-0.15, -0.1) is 0 Å². The van der Waals surface area contributed by atoms with E-state index >= 15 is 0 Å². The minimum absolute atomic E-state index is 0.0233. The van der Waals surface area contributed by atoms with Crippen molar-refractivity contribution in [3.63, 3.8) is 0 Å². The van der Waals surface area contributed by atoms with Crippen molar-refractivity contribution >= 4 is 39.0 Å². The Morgan fingerprint density at radius 1 is 1.30 bits per heavy atom. The van der Waals surface area contributed by atoms with E-state index in [-0.39, 0.29) is 5.56 Å². The van der Waals surface area contributed by atoms with Crippen LogP contribution in [0.15, 0.2) is 4.79 Å². The number of H-pyrrole nitrogens is 1. The Bertz CT molecular complexity index is 722. The zero-order valence-corrected chi connectivity index (χ0v) is 13.1. The molecule has 0 aliphatic carbocycles. The fraction of sp³-hybridized carbons (Fsp3) is 0.615. The Kier molecular flexibility index (Phi) is 3.89. The number of nitrogens with zero attached hydrogens (tertiary/aromatic N) is 3. The van der Waals surface area contributed by atoms with Crippen LogP contribution in [0.2, 0.25) is 0 Å². The van der Waals surface area contributed by atoms with Crippen molar-refractivity contribution < 1.29 is 0 Å². The van der Waals surface area contributed by atoms with Gasteiger partial charge in [0.25, 0.3) is 5.56 Å². The maximum Gasteiger partial charge on any atom is 0.274 e. The van der Waals surface area contributed by atoms with E-state index in [9.17, 15) is 4.79 Å². The molecule has 1 fully saturated rings. The van der Waals surface area contributed by atoms with Gasteiger partial charge in [0.15, 0.2) is 15.5 Å². The van der Waals surface area contributed by atoms with Gasteiger partial charge in [-0.05, 0) is 32.0 Å². The molecule has 7 heteroatoms. The average molecular weight is 310 g/mol. The van der Waals surface area contributed by atoms with Gasteiger partial charge in [0.2, 0.25) is 0 Å². The molecule has 1 aliphatic rings. The fourth-order valence-corrected chi connectivity index (χ4v) is 3.94. The molecule has 108 valence electrons. The van der Waals surface area contributed by atoms with E-state index in [0.29, 0.717) is 21.7 Å². The van der Waals surface area contributed by atoms with Crippen LogP contribution in [0.4, 0.5) is 5.13 Å². The summed E-state index contributed by atoms with van der Waals surface area (Å²) in [4.78, 5) is 22.3. The number of hydrogen-bond acceptors (Lipinski definition) is 5. The monoisotopic (exact) mass is 310 g/mol. The Morgan fingerprint density at radius 3 is 2.65 bits per heavy atom. The molecule has 0 spiro atoms. The second kappa shape index (κ2) is 5.65. The number of aromatic amines is 1. The standard InChI is InChI=1S/C13H18N4OS2/c1-2-17-11(18)9-10(14-12(17)19)15-13(20-9)16-7-5-3-4-6-8-16/h2-8H2,1H3,(H,14,19). The molecule has 0 aromatic carbocycles. The summed E-state index contributed by atoms with van der Waals surface area (Å²) in [6.45, 7) is 4.57. The highest BCUT2D eigenvalue weighted by Crippen LogP contribution is 2.27. The van der Waals surface area contributed by atoms with Gasteiger partial charge >= 0.3 is 0 Å². The topological polar surface area (TPSA) is 53.9 Å². The van der Waals surface area contributed by atoms with Crippen LogP contribution in [0.5, 0.6) is 0 Å². The van der Waals surface area contributed by atoms with E-state index in [0.717, 1.165) is 18.2 Å². The summed E-state index contributed by atoms with van der Waals surface area (Å²) in [7, 11) is 0. The lowest BCUT2D eigenvalue weighted by Crippen LogP contribution is -2.23. The largest absolute Gasteiger partial charge is 0.348 e. The van der Waals surface area contributed by atoms with E-state index in [1.54, 1.807) is 4.57 Å². The summed E-state index contributed by atoms with van der Waals surface area (Å²) in [5.41, 5.74) is 0.610. The van der Waals surface area contributed by atoms with E-state index in [1.165, 1.54) is 37.0 Å². The quantitative estimate of drug-likeness (QED) is 0.867. The van der Waals surface area contributed by atoms with Gasteiger partial charge in [0, 0.05) is 19.6 Å². The Morgan fingerprint density at radius 2 is 2.00 bits per heavy atom. The molecule has 3 rings (SSSR count). The van der Waals surface area contributed by atoms with Gasteiger partial charge in [-0.2, -0.15) is 0 Å². The van der Waals surface area contributed by atoms with Gasteiger partial charge in [-0.1, -0.05) is 24.2 Å². The maximum absolute atomic E-state index is 12.4. The van der Waals surface area contributed by atoms with Gasteiger partial charge in [-0.25, -0.2) is 4.98 Å². The molecule has 1 N–H and O–H groups in total. The molecular formula is C13H18N4OS2. The SMILES string of the molecule is CCn1c(=S)[nH]c2nc(N3CCCCCC3)sc2c1=O. The molecule has 0 bridgehead atoms. The molecule has 0 unspecified atom stereocenters. The first-order valence-electron chi connectivity index (χ1n) is 7.09. The Hall–Kier alpha value is -1.21. The molecule has 20 heavy (non-hydrogen) atoms. The Labute approximate surface area is 126 Å². The zero-order valence-electron chi connectivity index (χ0n) is 11.5. The van der Waals surface area contributed by atoms with Crippen molar-refractivity contribution in [2.45, 2.75) is 39.2 Å². The molecule has 3 heterocycles. The second-order valence-electron chi connectivity index (χ2n) is 5.05. The van der Waals surface area contributed by atoms with E-state index < -0.39 is 0 Å². The third kappa shape index (κ3) is 2.40. The summed E-state index contributed by atoms with van der Waals surface area (Å²) in [6.07, 6.45) is 4.97. The molecule has 0 atom stereocenters. The van der Waals surface area contributed by atoms with Crippen molar-refractivity contribution in [1.29, 1.82) is 0 Å². The Balaban J connectivity index is 2.08. The first kappa shape index (κ1) is 13.8. The highest BCUT2D eigenvalue weighted by Gasteiger charge is 2.16. The number of nitrogens with one attached hydrogen (secondary N) is 1. The molecule has 1 saturated heterocycles. The van der Waals surface area contributed by atoms with Gasteiger partial charge in [0.1, 0.15) is 4.70 Å². The first-order chi connectivity index (χ1) is 9.70. The predicted molar refractivity (Wildman–Crippen MR) is 85.4 cm³/mol. The van der Waals surface area contributed by atoms with E-state index in [1.807, 2.05) is 6.92 Å². The lowest BCUT2D eigenvalue weighted by atomic mass is 10.2. The number of fused-ring (bicyclic) bond motifs is 1. The smallest absolute Gasteiger partial charge is 0.274 e. The van der Waals surface area contributed by atoms with Gasteiger partial charge in [0.05, 0.1) is 0 Å². The summed E-state index contributed by atoms with van der Waals surface area (Å²) in [5.74, 6) is 0. The van der Waals surface area contributed by atoms with Crippen molar-refractivity contribution in [2.24, 2.45) is 0 Å². The number of thiazole rings is 1. The normalized spacial score (nSPS) is 16.6. The van der Waals surface area contributed by atoms with E-state index in [4.69, 9.17) is 12.2 Å². The number of aromatic nitrogens is 3. The van der Waals surface area contributed by atoms with Crippen LogP contribution in [-0.2, 0) is 6.54 Å². The van der Waals surface area contributed by atoms with Crippen LogP contribution in [-0.4, -0.2) is 27.6 Å². The average Bonchev–Trinajstić information content (AvgIpc) is 2.68.